The Hall–Kier alpha value is -2.63. The average Bonchev–Trinajstić information content (AvgIpc) is 3.33. The van der Waals surface area contributed by atoms with E-state index in [1.54, 1.807) is 12.0 Å². The Morgan fingerprint density at radius 3 is 2.45 bits per heavy atom. The fourth-order valence-corrected chi connectivity index (χ4v) is 7.00. The molecule has 0 N–H and O–H groups in total. The topological polar surface area (TPSA) is 28.6 Å². The highest BCUT2D eigenvalue weighted by Gasteiger charge is 2.30. The number of anilines is 1. The van der Waals surface area contributed by atoms with Crippen molar-refractivity contribution in [3.63, 3.8) is 0 Å². The number of piperazine rings is 1. The van der Waals surface area contributed by atoms with Gasteiger partial charge in [-0.2, -0.15) is 0 Å². The van der Waals surface area contributed by atoms with Crippen LogP contribution in [0.4, 0.5) is 5.69 Å². The first-order valence-corrected chi connectivity index (χ1v) is 13.0. The van der Waals surface area contributed by atoms with Crippen molar-refractivity contribution in [3.8, 4) is 5.75 Å². The largest absolute Gasteiger partial charge is 0.497 e. The van der Waals surface area contributed by atoms with Crippen molar-refractivity contribution < 1.29 is 4.74 Å². The second kappa shape index (κ2) is 8.96. The molecule has 2 fully saturated rings. The van der Waals surface area contributed by atoms with E-state index < -0.39 is 0 Å². The van der Waals surface area contributed by atoms with Crippen LogP contribution in [0.5, 0.6) is 5.75 Å². The molecular formula is C28H31N3OS. The summed E-state index contributed by atoms with van der Waals surface area (Å²) in [6, 6.07) is 20.4. The minimum Gasteiger partial charge on any atom is -0.497 e. The number of nitrogens with zero attached hydrogens (tertiary/aromatic N) is 3. The lowest BCUT2D eigenvalue weighted by atomic mass is 9.84. The van der Waals surface area contributed by atoms with Crippen LogP contribution in [0.25, 0.3) is 21.0 Å². The van der Waals surface area contributed by atoms with E-state index in [4.69, 9.17) is 4.74 Å². The monoisotopic (exact) mass is 457 g/mol. The molecule has 0 amide bonds. The fraction of sp³-hybridized carbons (Fsp3) is 0.393. The summed E-state index contributed by atoms with van der Waals surface area (Å²) in [6.07, 6.45) is 7.18. The van der Waals surface area contributed by atoms with Crippen molar-refractivity contribution in [1.82, 2.24) is 9.88 Å². The summed E-state index contributed by atoms with van der Waals surface area (Å²) >= 11 is 2.01. The molecule has 0 radical (unpaired) electrons. The Bertz CT molecular complexity index is 1220. The number of hydrogen-bond acceptors (Lipinski definition) is 5. The van der Waals surface area contributed by atoms with Crippen molar-refractivity contribution >= 4 is 38.0 Å². The molecule has 2 aromatic heterocycles. The van der Waals surface area contributed by atoms with Gasteiger partial charge in [-0.3, -0.25) is 9.88 Å². The first-order chi connectivity index (χ1) is 16.3. The molecule has 2 aliphatic rings. The fourth-order valence-electron chi connectivity index (χ4n) is 5.76. The number of thiophene rings is 1. The third-order valence-electron chi connectivity index (χ3n) is 7.61. The molecule has 3 heterocycles. The zero-order valence-corrected chi connectivity index (χ0v) is 20.1. The summed E-state index contributed by atoms with van der Waals surface area (Å²) in [5.74, 6) is 1.65. The summed E-state index contributed by atoms with van der Waals surface area (Å²) in [5.41, 5.74) is 2.29. The number of aromatic nitrogens is 1. The van der Waals surface area contributed by atoms with Gasteiger partial charge in [-0.15, -0.1) is 11.3 Å². The summed E-state index contributed by atoms with van der Waals surface area (Å²) in [7, 11) is 1.74. The maximum Gasteiger partial charge on any atom is 0.121 e. The summed E-state index contributed by atoms with van der Waals surface area (Å²) in [4.78, 5) is 11.5. The molecule has 1 saturated heterocycles. The maximum atomic E-state index is 5.57. The minimum absolute atomic E-state index is 0.734. The molecule has 5 heteroatoms. The van der Waals surface area contributed by atoms with Gasteiger partial charge in [-0.1, -0.05) is 24.3 Å². The van der Waals surface area contributed by atoms with Crippen LogP contribution in [-0.2, 0) is 0 Å². The molecule has 1 saturated carbocycles. The second-order valence-corrected chi connectivity index (χ2v) is 10.6. The molecule has 0 spiro atoms. The van der Waals surface area contributed by atoms with Crippen LogP contribution < -0.4 is 9.64 Å². The van der Waals surface area contributed by atoms with E-state index in [0.717, 1.165) is 54.8 Å². The van der Waals surface area contributed by atoms with Gasteiger partial charge < -0.3 is 9.64 Å². The van der Waals surface area contributed by atoms with E-state index in [1.165, 1.54) is 41.5 Å². The molecule has 2 aromatic carbocycles. The average molecular weight is 458 g/mol. The zero-order chi connectivity index (χ0) is 22.2. The first-order valence-electron chi connectivity index (χ1n) is 12.2. The Kier molecular flexibility index (Phi) is 5.68. The smallest absolute Gasteiger partial charge is 0.121 e. The van der Waals surface area contributed by atoms with Crippen molar-refractivity contribution in [2.45, 2.75) is 37.6 Å². The van der Waals surface area contributed by atoms with E-state index in [9.17, 15) is 0 Å². The first kappa shape index (κ1) is 20.9. The van der Waals surface area contributed by atoms with Gasteiger partial charge in [0, 0.05) is 59.4 Å². The molecule has 0 bridgehead atoms. The summed E-state index contributed by atoms with van der Waals surface area (Å²) < 4.78 is 7.01. The number of methoxy groups -OCH3 is 1. The van der Waals surface area contributed by atoms with E-state index in [-0.39, 0.29) is 0 Å². The number of fused-ring (bicyclic) bond motifs is 2. The number of ether oxygens (including phenoxy) is 1. The molecule has 4 nitrogen and oxygen atoms in total. The highest BCUT2D eigenvalue weighted by Crippen LogP contribution is 2.40. The highest BCUT2D eigenvalue weighted by molar-refractivity contribution is 7.19. The molecule has 170 valence electrons. The van der Waals surface area contributed by atoms with Gasteiger partial charge in [0.1, 0.15) is 5.75 Å². The molecule has 0 unspecified atom stereocenters. The molecule has 0 atom stereocenters. The van der Waals surface area contributed by atoms with Gasteiger partial charge in [0.2, 0.25) is 0 Å². The number of hydrogen-bond donors (Lipinski definition) is 0. The highest BCUT2D eigenvalue weighted by atomic mass is 32.1. The summed E-state index contributed by atoms with van der Waals surface area (Å²) in [6.45, 7) is 4.36. The number of rotatable bonds is 4. The number of benzene rings is 2. The quantitative estimate of drug-likeness (QED) is 0.359. The Balaban J connectivity index is 1.10. The maximum absolute atomic E-state index is 5.57. The van der Waals surface area contributed by atoms with Crippen LogP contribution in [-0.4, -0.2) is 49.2 Å². The standard InChI is InChI=1S/C28H31N3OS/c1-32-24-17-22-6-4-12-29-28(22)25(19-24)31-15-13-30(14-16-31)23-10-8-20(9-11-23)27-18-21-5-2-3-7-26(21)33-27/h2-7,12,17-20,23H,8-11,13-16H2,1H3/t20-,23+. The van der Waals surface area contributed by atoms with Crippen LogP contribution in [0.2, 0.25) is 0 Å². The van der Waals surface area contributed by atoms with E-state index in [2.05, 4.69) is 63.3 Å². The Morgan fingerprint density at radius 1 is 0.879 bits per heavy atom. The lowest BCUT2D eigenvalue weighted by Crippen LogP contribution is -2.51. The van der Waals surface area contributed by atoms with Crippen LogP contribution >= 0.6 is 11.3 Å². The normalized spacial score (nSPS) is 22.2. The van der Waals surface area contributed by atoms with Crippen LogP contribution in [0.3, 0.4) is 0 Å². The van der Waals surface area contributed by atoms with Crippen molar-refractivity contribution in [1.29, 1.82) is 0 Å². The van der Waals surface area contributed by atoms with E-state index in [0.29, 0.717) is 0 Å². The third-order valence-corrected chi connectivity index (χ3v) is 8.89. The molecule has 33 heavy (non-hydrogen) atoms. The van der Waals surface area contributed by atoms with Crippen LogP contribution in [0.15, 0.2) is 60.8 Å². The predicted octanol–water partition coefficient (Wildman–Crippen LogP) is 6.31. The third kappa shape index (κ3) is 4.09. The van der Waals surface area contributed by atoms with Crippen molar-refractivity contribution in [3.05, 3.63) is 65.7 Å². The van der Waals surface area contributed by atoms with Crippen molar-refractivity contribution in [2.24, 2.45) is 0 Å². The Morgan fingerprint density at radius 2 is 1.67 bits per heavy atom. The second-order valence-electron chi connectivity index (χ2n) is 9.44. The molecular weight excluding hydrogens is 426 g/mol. The lowest BCUT2D eigenvalue weighted by Gasteiger charge is -2.42. The summed E-state index contributed by atoms with van der Waals surface area (Å²) in [5, 5.41) is 2.56. The predicted molar refractivity (Wildman–Crippen MR) is 139 cm³/mol. The van der Waals surface area contributed by atoms with Gasteiger partial charge in [0.05, 0.1) is 18.3 Å². The molecule has 1 aliphatic carbocycles. The molecule has 4 aromatic rings. The molecule has 6 rings (SSSR count). The lowest BCUT2D eigenvalue weighted by molar-refractivity contribution is 0.142. The van der Waals surface area contributed by atoms with Crippen LogP contribution in [0, 0.1) is 0 Å². The van der Waals surface area contributed by atoms with Gasteiger partial charge >= 0.3 is 0 Å². The van der Waals surface area contributed by atoms with Gasteiger partial charge in [-0.05, 0) is 61.3 Å². The SMILES string of the molecule is COc1cc(N2CCN([C@H]3CC[C@@H](c4cc5ccccc5s4)CC3)CC2)c2ncccc2c1. The van der Waals surface area contributed by atoms with Crippen LogP contribution in [0.1, 0.15) is 36.5 Å². The van der Waals surface area contributed by atoms with E-state index >= 15 is 0 Å². The van der Waals surface area contributed by atoms with E-state index in [1.807, 2.05) is 23.6 Å². The van der Waals surface area contributed by atoms with Crippen molar-refractivity contribution in [2.75, 3.05) is 38.2 Å². The van der Waals surface area contributed by atoms with Gasteiger partial charge in [-0.25, -0.2) is 0 Å². The Labute approximate surface area is 199 Å². The van der Waals surface area contributed by atoms with Gasteiger partial charge in [0.15, 0.2) is 0 Å². The minimum atomic E-state index is 0.734. The molecule has 1 aliphatic heterocycles. The van der Waals surface area contributed by atoms with Gasteiger partial charge in [0.25, 0.3) is 0 Å². The number of pyridine rings is 1. The zero-order valence-electron chi connectivity index (χ0n) is 19.2.